The van der Waals surface area contributed by atoms with Crippen LogP contribution in [0.15, 0.2) is 0 Å². The fourth-order valence-corrected chi connectivity index (χ4v) is 4.37. The summed E-state index contributed by atoms with van der Waals surface area (Å²) in [5, 5.41) is 12.0. The molecule has 4 unspecified atom stereocenters. The highest BCUT2D eigenvalue weighted by atomic mass is 32.2. The Bertz CT molecular complexity index is 375. The Balaban J connectivity index is 1.85. The van der Waals surface area contributed by atoms with Crippen molar-refractivity contribution in [3.8, 4) is 0 Å². The van der Waals surface area contributed by atoms with Crippen LogP contribution in [0.1, 0.15) is 51.4 Å². The van der Waals surface area contributed by atoms with Crippen LogP contribution < -0.4 is 5.32 Å². The van der Waals surface area contributed by atoms with Crippen LogP contribution in [0, 0.1) is 17.8 Å². The van der Waals surface area contributed by atoms with Crippen LogP contribution in [0.5, 0.6) is 0 Å². The quantitative estimate of drug-likeness (QED) is 0.791. The molecule has 120 valence electrons. The number of thioether (sulfide) groups is 1. The lowest BCUT2D eigenvalue weighted by Gasteiger charge is -2.39. The van der Waals surface area contributed by atoms with E-state index in [4.69, 9.17) is 0 Å². The van der Waals surface area contributed by atoms with E-state index in [9.17, 15) is 14.7 Å². The first-order valence-electron chi connectivity index (χ1n) is 8.14. The number of carbonyl (C=O) groups excluding carboxylic acids is 1. The summed E-state index contributed by atoms with van der Waals surface area (Å²) in [4.78, 5) is 23.6. The molecule has 4 atom stereocenters. The highest BCUT2D eigenvalue weighted by molar-refractivity contribution is 7.98. The molecule has 0 aromatic carbocycles. The molecule has 2 saturated carbocycles. The number of amides is 1. The van der Waals surface area contributed by atoms with E-state index >= 15 is 0 Å². The maximum atomic E-state index is 12.4. The van der Waals surface area contributed by atoms with Crippen LogP contribution in [-0.4, -0.2) is 35.0 Å². The molecule has 2 aliphatic rings. The normalized spacial score (nSPS) is 30.2. The van der Waals surface area contributed by atoms with Gasteiger partial charge in [-0.15, -0.1) is 0 Å². The topological polar surface area (TPSA) is 66.4 Å². The lowest BCUT2D eigenvalue weighted by molar-refractivity contribution is -0.143. The van der Waals surface area contributed by atoms with Gasteiger partial charge in [-0.25, -0.2) is 4.79 Å². The van der Waals surface area contributed by atoms with Gasteiger partial charge in [-0.3, -0.25) is 4.79 Å². The Morgan fingerprint density at radius 2 is 1.90 bits per heavy atom. The summed E-state index contributed by atoms with van der Waals surface area (Å²) < 4.78 is 0. The maximum Gasteiger partial charge on any atom is 0.326 e. The maximum absolute atomic E-state index is 12.4. The van der Waals surface area contributed by atoms with Crippen LogP contribution in [0.2, 0.25) is 0 Å². The Morgan fingerprint density at radius 3 is 2.57 bits per heavy atom. The van der Waals surface area contributed by atoms with Gasteiger partial charge >= 0.3 is 5.97 Å². The van der Waals surface area contributed by atoms with Crippen LogP contribution >= 0.6 is 11.8 Å². The standard InChI is InChI=1S/C16H27NO3S/c1-21-9-8-14(16(19)20)17-15(18)13-7-6-11-4-2-3-5-12(11)10-13/h11-14H,2-10H2,1H3,(H,17,18)(H,19,20). The fourth-order valence-electron chi connectivity index (χ4n) is 3.89. The summed E-state index contributed by atoms with van der Waals surface area (Å²) in [5.74, 6) is 1.34. The van der Waals surface area contributed by atoms with Crippen molar-refractivity contribution in [1.29, 1.82) is 0 Å². The summed E-state index contributed by atoms with van der Waals surface area (Å²) in [6.07, 6.45) is 10.7. The molecule has 4 nitrogen and oxygen atoms in total. The number of aliphatic carboxylic acids is 1. The van der Waals surface area contributed by atoms with Gasteiger partial charge in [0.1, 0.15) is 6.04 Å². The van der Waals surface area contributed by atoms with Crippen LogP contribution in [-0.2, 0) is 9.59 Å². The van der Waals surface area contributed by atoms with Crippen molar-refractivity contribution >= 4 is 23.6 Å². The van der Waals surface area contributed by atoms with Gasteiger partial charge in [-0.05, 0) is 49.5 Å². The number of carbonyl (C=O) groups is 2. The van der Waals surface area contributed by atoms with E-state index in [1.54, 1.807) is 11.8 Å². The monoisotopic (exact) mass is 313 g/mol. The van der Waals surface area contributed by atoms with Crippen LogP contribution in [0.4, 0.5) is 0 Å². The third-order valence-electron chi connectivity index (χ3n) is 5.14. The van der Waals surface area contributed by atoms with Crippen molar-refractivity contribution in [3.05, 3.63) is 0 Å². The zero-order chi connectivity index (χ0) is 15.2. The number of carboxylic acid groups (broad SMARTS) is 1. The SMILES string of the molecule is CSCCC(NC(=O)C1CCC2CCCCC2C1)C(=O)O. The Labute approximate surface area is 131 Å². The second-order valence-corrected chi connectivity index (χ2v) is 7.48. The summed E-state index contributed by atoms with van der Waals surface area (Å²) >= 11 is 1.61. The molecule has 0 saturated heterocycles. The molecule has 0 aromatic rings. The lowest BCUT2D eigenvalue weighted by Crippen LogP contribution is -2.45. The zero-order valence-corrected chi connectivity index (χ0v) is 13.7. The molecule has 5 heteroatoms. The molecule has 0 radical (unpaired) electrons. The Kier molecular flexibility index (Phi) is 6.40. The minimum atomic E-state index is -0.913. The van der Waals surface area contributed by atoms with E-state index in [-0.39, 0.29) is 11.8 Å². The fraction of sp³-hybridized carbons (Fsp3) is 0.875. The predicted molar refractivity (Wildman–Crippen MR) is 85.4 cm³/mol. The Hall–Kier alpha value is -0.710. The number of hydrogen-bond acceptors (Lipinski definition) is 3. The minimum absolute atomic E-state index is 0.0282. The molecule has 2 fully saturated rings. The van der Waals surface area contributed by atoms with Gasteiger partial charge < -0.3 is 10.4 Å². The molecule has 0 aliphatic heterocycles. The molecule has 0 bridgehead atoms. The third kappa shape index (κ3) is 4.63. The van der Waals surface area contributed by atoms with Crippen molar-refractivity contribution in [1.82, 2.24) is 5.32 Å². The molecule has 21 heavy (non-hydrogen) atoms. The second-order valence-electron chi connectivity index (χ2n) is 6.50. The first-order valence-corrected chi connectivity index (χ1v) is 9.53. The average molecular weight is 313 g/mol. The molecule has 0 aromatic heterocycles. The van der Waals surface area contributed by atoms with Crippen LogP contribution in [0.3, 0.4) is 0 Å². The minimum Gasteiger partial charge on any atom is -0.480 e. The average Bonchev–Trinajstić information content (AvgIpc) is 2.50. The number of nitrogens with one attached hydrogen (secondary N) is 1. The molecular formula is C16H27NO3S. The number of fused-ring (bicyclic) bond motifs is 1. The van der Waals surface area contributed by atoms with Crippen molar-refractivity contribution in [3.63, 3.8) is 0 Å². The van der Waals surface area contributed by atoms with E-state index in [0.29, 0.717) is 12.3 Å². The van der Waals surface area contributed by atoms with Crippen molar-refractivity contribution in [2.75, 3.05) is 12.0 Å². The van der Waals surface area contributed by atoms with Crippen molar-refractivity contribution in [2.45, 2.75) is 57.4 Å². The summed E-state index contributed by atoms with van der Waals surface area (Å²) in [5.41, 5.74) is 0. The molecule has 0 heterocycles. The van der Waals surface area contributed by atoms with Gasteiger partial charge in [0.15, 0.2) is 0 Å². The van der Waals surface area contributed by atoms with E-state index in [0.717, 1.165) is 30.9 Å². The predicted octanol–water partition coefficient (Wildman–Crippen LogP) is 2.92. The van der Waals surface area contributed by atoms with Gasteiger partial charge in [-0.2, -0.15) is 11.8 Å². The van der Waals surface area contributed by atoms with Gasteiger partial charge in [0.2, 0.25) is 5.91 Å². The summed E-state index contributed by atoms with van der Waals surface area (Å²) in [6.45, 7) is 0. The molecule has 1 amide bonds. The molecular weight excluding hydrogens is 286 g/mol. The smallest absolute Gasteiger partial charge is 0.326 e. The first-order chi connectivity index (χ1) is 10.1. The summed E-state index contributed by atoms with van der Waals surface area (Å²) in [6, 6.07) is -0.728. The molecule has 2 N–H and O–H groups in total. The lowest BCUT2D eigenvalue weighted by atomic mass is 9.67. The van der Waals surface area contributed by atoms with Gasteiger partial charge in [-0.1, -0.05) is 25.7 Å². The van der Waals surface area contributed by atoms with Gasteiger partial charge in [0.25, 0.3) is 0 Å². The molecule has 0 spiro atoms. The highest BCUT2D eigenvalue weighted by Gasteiger charge is 2.35. The molecule has 2 rings (SSSR count). The first kappa shape index (κ1) is 16.7. The van der Waals surface area contributed by atoms with E-state index in [1.165, 1.54) is 25.7 Å². The molecule has 2 aliphatic carbocycles. The second kappa shape index (κ2) is 8.06. The van der Waals surface area contributed by atoms with Gasteiger partial charge in [0, 0.05) is 5.92 Å². The van der Waals surface area contributed by atoms with Gasteiger partial charge in [0.05, 0.1) is 0 Å². The Morgan fingerprint density at radius 1 is 1.19 bits per heavy atom. The van der Waals surface area contributed by atoms with E-state index in [2.05, 4.69) is 5.32 Å². The summed E-state index contributed by atoms with van der Waals surface area (Å²) in [7, 11) is 0. The van der Waals surface area contributed by atoms with E-state index < -0.39 is 12.0 Å². The number of hydrogen-bond donors (Lipinski definition) is 2. The number of carboxylic acids is 1. The number of rotatable bonds is 6. The van der Waals surface area contributed by atoms with E-state index in [1.807, 2.05) is 6.26 Å². The largest absolute Gasteiger partial charge is 0.480 e. The van der Waals surface area contributed by atoms with Crippen molar-refractivity contribution < 1.29 is 14.7 Å². The van der Waals surface area contributed by atoms with Crippen LogP contribution in [0.25, 0.3) is 0 Å². The zero-order valence-electron chi connectivity index (χ0n) is 12.8. The third-order valence-corrected chi connectivity index (χ3v) is 5.78. The highest BCUT2D eigenvalue weighted by Crippen LogP contribution is 2.42. The van der Waals surface area contributed by atoms with Crippen molar-refractivity contribution in [2.24, 2.45) is 17.8 Å².